The van der Waals surface area contributed by atoms with Gasteiger partial charge in [-0.05, 0) is 18.8 Å². The monoisotopic (exact) mass is 244 g/mol. The lowest BCUT2D eigenvalue weighted by Gasteiger charge is -2.29. The molecule has 1 fully saturated rings. The minimum absolute atomic E-state index is 0.0655. The summed E-state index contributed by atoms with van der Waals surface area (Å²) in [4.78, 5) is 24.4. The van der Waals surface area contributed by atoms with Gasteiger partial charge in [-0.1, -0.05) is 0 Å². The van der Waals surface area contributed by atoms with E-state index < -0.39 is 17.2 Å². The maximum Gasteiger partial charge on any atom is 0.328 e. The molecule has 1 unspecified atom stereocenters. The van der Waals surface area contributed by atoms with Crippen LogP contribution in [0.25, 0.3) is 0 Å². The van der Waals surface area contributed by atoms with Gasteiger partial charge in [-0.15, -0.1) is 0 Å². The predicted octanol–water partition coefficient (Wildman–Crippen LogP) is 1.36. The summed E-state index contributed by atoms with van der Waals surface area (Å²) in [6, 6.07) is 1.22. The fourth-order valence-corrected chi connectivity index (χ4v) is 2.30. The van der Waals surface area contributed by atoms with Crippen molar-refractivity contribution in [3.63, 3.8) is 0 Å². The Morgan fingerprint density at radius 2 is 2.24 bits per heavy atom. The van der Waals surface area contributed by atoms with E-state index in [4.69, 9.17) is 0 Å². The van der Waals surface area contributed by atoms with Gasteiger partial charge in [0.25, 0.3) is 5.56 Å². The molecular weight excluding hydrogens is 230 g/mol. The van der Waals surface area contributed by atoms with Crippen molar-refractivity contribution in [2.24, 2.45) is 5.92 Å². The first-order valence-electron chi connectivity index (χ1n) is 5.64. The molecule has 1 aromatic heterocycles. The van der Waals surface area contributed by atoms with E-state index in [1.165, 1.54) is 16.8 Å². The summed E-state index contributed by atoms with van der Waals surface area (Å²) in [7, 11) is 0. The van der Waals surface area contributed by atoms with Gasteiger partial charge >= 0.3 is 5.69 Å². The van der Waals surface area contributed by atoms with Crippen LogP contribution in [-0.4, -0.2) is 15.5 Å². The zero-order valence-corrected chi connectivity index (χ0v) is 9.29. The fraction of sp³-hybridized carbons (Fsp3) is 0.636. The van der Waals surface area contributed by atoms with Gasteiger partial charge in [0.15, 0.2) is 0 Å². The highest BCUT2D eigenvalue weighted by Gasteiger charge is 2.36. The van der Waals surface area contributed by atoms with Gasteiger partial charge < -0.3 is 4.57 Å². The lowest BCUT2D eigenvalue weighted by Crippen LogP contribution is -2.34. The fourth-order valence-electron chi connectivity index (χ4n) is 2.30. The molecule has 1 aromatic rings. The lowest BCUT2D eigenvalue weighted by molar-refractivity contribution is -0.0549. The number of hydrogen-bond donors (Lipinski definition) is 1. The lowest BCUT2D eigenvalue weighted by atomic mass is 9.86. The molecule has 1 saturated carbocycles. The number of aromatic nitrogens is 2. The van der Waals surface area contributed by atoms with Gasteiger partial charge in [-0.3, -0.25) is 9.78 Å². The van der Waals surface area contributed by atoms with Gasteiger partial charge in [0.2, 0.25) is 5.92 Å². The topological polar surface area (TPSA) is 54.9 Å². The van der Waals surface area contributed by atoms with Gasteiger partial charge in [0.1, 0.15) is 0 Å². The quantitative estimate of drug-likeness (QED) is 0.854. The Bertz CT molecular complexity index is 507. The largest absolute Gasteiger partial charge is 0.328 e. The number of nitrogens with one attached hydrogen (secondary N) is 1. The first-order chi connectivity index (χ1) is 7.96. The van der Waals surface area contributed by atoms with Crippen LogP contribution in [-0.2, 0) is 6.54 Å². The zero-order valence-electron chi connectivity index (χ0n) is 9.29. The highest BCUT2D eigenvalue weighted by Crippen LogP contribution is 2.36. The molecule has 1 aliphatic carbocycles. The van der Waals surface area contributed by atoms with E-state index in [1.54, 1.807) is 0 Å². The molecule has 0 radical (unpaired) electrons. The molecule has 0 aliphatic heterocycles. The number of H-pyrrole nitrogens is 1. The summed E-state index contributed by atoms with van der Waals surface area (Å²) >= 11 is 0. The second kappa shape index (κ2) is 4.43. The Hall–Kier alpha value is -1.46. The maximum absolute atomic E-state index is 13.2. The number of alkyl halides is 2. The Labute approximate surface area is 96.3 Å². The van der Waals surface area contributed by atoms with E-state index in [1.807, 2.05) is 0 Å². The number of aromatic amines is 1. The first kappa shape index (κ1) is 12.0. The van der Waals surface area contributed by atoms with Gasteiger partial charge in [0.05, 0.1) is 0 Å². The molecule has 0 bridgehead atoms. The van der Waals surface area contributed by atoms with E-state index in [0.717, 1.165) is 0 Å². The van der Waals surface area contributed by atoms with E-state index >= 15 is 0 Å². The SMILES string of the molecule is O=c1ccn(CC2CCCC(F)(F)C2)c(=O)[nH]1. The normalized spacial score (nSPS) is 23.5. The third-order valence-electron chi connectivity index (χ3n) is 3.09. The Kier molecular flexibility index (Phi) is 3.13. The van der Waals surface area contributed by atoms with Crippen LogP contribution < -0.4 is 11.2 Å². The third-order valence-corrected chi connectivity index (χ3v) is 3.09. The Morgan fingerprint density at radius 3 is 2.88 bits per heavy atom. The van der Waals surface area contributed by atoms with Crippen LogP contribution in [0, 0.1) is 5.92 Å². The molecule has 17 heavy (non-hydrogen) atoms. The van der Waals surface area contributed by atoms with Crippen molar-refractivity contribution in [2.45, 2.75) is 38.2 Å². The smallest absolute Gasteiger partial charge is 0.300 e. The van der Waals surface area contributed by atoms with Crippen LogP contribution in [0.15, 0.2) is 21.9 Å². The van der Waals surface area contributed by atoms with Crippen LogP contribution in [0.3, 0.4) is 0 Å². The molecular formula is C11H14F2N2O2. The molecule has 4 nitrogen and oxygen atoms in total. The van der Waals surface area contributed by atoms with Crippen molar-refractivity contribution in [3.8, 4) is 0 Å². The minimum Gasteiger partial charge on any atom is -0.300 e. The number of halogens is 2. The molecule has 1 atom stereocenters. The van der Waals surface area contributed by atoms with Crippen LogP contribution >= 0.6 is 0 Å². The van der Waals surface area contributed by atoms with Gasteiger partial charge in [-0.25, -0.2) is 13.6 Å². The van der Waals surface area contributed by atoms with E-state index in [-0.39, 0.29) is 25.3 Å². The summed E-state index contributed by atoms with van der Waals surface area (Å²) in [5.74, 6) is -2.82. The minimum atomic E-state index is -2.62. The predicted molar refractivity (Wildman–Crippen MR) is 58.2 cm³/mol. The number of nitrogens with zero attached hydrogens (tertiary/aromatic N) is 1. The molecule has 0 aromatic carbocycles. The Morgan fingerprint density at radius 1 is 1.47 bits per heavy atom. The maximum atomic E-state index is 13.2. The average Bonchev–Trinajstić information content (AvgIpc) is 2.21. The van der Waals surface area contributed by atoms with E-state index in [0.29, 0.717) is 12.8 Å². The molecule has 1 heterocycles. The van der Waals surface area contributed by atoms with Gasteiger partial charge in [-0.2, -0.15) is 0 Å². The van der Waals surface area contributed by atoms with Crippen molar-refractivity contribution in [1.29, 1.82) is 0 Å². The molecule has 1 N–H and O–H groups in total. The first-order valence-corrected chi connectivity index (χ1v) is 5.64. The highest BCUT2D eigenvalue weighted by molar-refractivity contribution is 4.85. The average molecular weight is 244 g/mol. The molecule has 0 amide bonds. The number of rotatable bonds is 2. The summed E-state index contributed by atoms with van der Waals surface area (Å²) in [5.41, 5.74) is -1.01. The third kappa shape index (κ3) is 3.01. The standard InChI is InChI=1S/C11H14F2N2O2/c12-11(13)4-1-2-8(6-11)7-15-5-3-9(16)14-10(15)17/h3,5,8H,1-2,4,6-7H2,(H,14,16,17). The highest BCUT2D eigenvalue weighted by atomic mass is 19.3. The van der Waals surface area contributed by atoms with Crippen molar-refractivity contribution < 1.29 is 8.78 Å². The van der Waals surface area contributed by atoms with Crippen LogP contribution in [0.1, 0.15) is 25.7 Å². The van der Waals surface area contributed by atoms with Crippen molar-refractivity contribution in [2.75, 3.05) is 0 Å². The molecule has 94 valence electrons. The molecule has 2 rings (SSSR count). The van der Waals surface area contributed by atoms with Crippen LogP contribution in [0.2, 0.25) is 0 Å². The Balaban J connectivity index is 2.10. The summed E-state index contributed by atoms with van der Waals surface area (Å²) in [5, 5.41) is 0. The summed E-state index contributed by atoms with van der Waals surface area (Å²) in [6.45, 7) is 0.241. The van der Waals surface area contributed by atoms with Crippen LogP contribution in [0.5, 0.6) is 0 Å². The summed E-state index contributed by atoms with van der Waals surface area (Å²) in [6.07, 6.45) is 2.29. The molecule has 6 heteroatoms. The second-order valence-corrected chi connectivity index (χ2v) is 4.58. The second-order valence-electron chi connectivity index (χ2n) is 4.58. The summed E-state index contributed by atoms with van der Waals surface area (Å²) < 4.78 is 27.6. The van der Waals surface area contributed by atoms with Crippen molar-refractivity contribution in [3.05, 3.63) is 33.1 Å². The van der Waals surface area contributed by atoms with Crippen LogP contribution in [0.4, 0.5) is 8.78 Å². The van der Waals surface area contributed by atoms with Gasteiger partial charge in [0, 0.05) is 31.6 Å². The van der Waals surface area contributed by atoms with Crippen molar-refractivity contribution >= 4 is 0 Å². The van der Waals surface area contributed by atoms with E-state index in [9.17, 15) is 18.4 Å². The van der Waals surface area contributed by atoms with E-state index in [2.05, 4.69) is 4.98 Å². The molecule has 0 spiro atoms. The molecule has 1 aliphatic rings. The van der Waals surface area contributed by atoms with Crippen molar-refractivity contribution in [1.82, 2.24) is 9.55 Å². The zero-order chi connectivity index (χ0) is 12.5. The number of hydrogen-bond acceptors (Lipinski definition) is 2. The molecule has 0 saturated heterocycles.